The molecule has 0 fully saturated rings. The average Bonchev–Trinajstić information content (AvgIpc) is 2.84. The van der Waals surface area contributed by atoms with Crippen molar-refractivity contribution >= 4 is 11.6 Å². The summed E-state index contributed by atoms with van der Waals surface area (Å²) in [6, 6.07) is 18.0. The number of amides is 1. The molecule has 1 amide bonds. The SMILES string of the molecule is CCN[C@@H](CC(=O)N1CCCOc2ccccc21)c1ccccc1. The highest BCUT2D eigenvalue weighted by atomic mass is 16.5. The van der Waals surface area contributed by atoms with Crippen LogP contribution in [0, 0.1) is 0 Å². The lowest BCUT2D eigenvalue weighted by molar-refractivity contribution is -0.119. The number of benzene rings is 2. The first-order valence-corrected chi connectivity index (χ1v) is 8.60. The lowest BCUT2D eigenvalue weighted by Gasteiger charge is -2.25. The quantitative estimate of drug-likeness (QED) is 0.914. The highest BCUT2D eigenvalue weighted by Gasteiger charge is 2.24. The van der Waals surface area contributed by atoms with E-state index in [2.05, 4.69) is 24.4 Å². The summed E-state index contributed by atoms with van der Waals surface area (Å²) in [6.07, 6.45) is 1.28. The number of carbonyl (C=O) groups is 1. The number of hydrogen-bond donors (Lipinski definition) is 1. The van der Waals surface area contributed by atoms with Crippen molar-refractivity contribution in [2.24, 2.45) is 0 Å². The van der Waals surface area contributed by atoms with Crippen molar-refractivity contribution in [3.05, 3.63) is 60.2 Å². The van der Waals surface area contributed by atoms with Crippen LogP contribution in [-0.2, 0) is 4.79 Å². The first-order valence-electron chi connectivity index (χ1n) is 8.60. The molecule has 1 heterocycles. The molecule has 0 spiro atoms. The minimum absolute atomic E-state index is 0.0278. The summed E-state index contributed by atoms with van der Waals surface area (Å²) >= 11 is 0. The van der Waals surface area contributed by atoms with E-state index in [4.69, 9.17) is 4.74 Å². The van der Waals surface area contributed by atoms with Crippen LogP contribution < -0.4 is 15.0 Å². The fraction of sp³-hybridized carbons (Fsp3) is 0.350. The standard InChI is InChI=1S/C20H24N2O2/c1-2-21-17(16-9-4-3-5-10-16)15-20(23)22-13-8-14-24-19-12-7-6-11-18(19)22/h3-7,9-12,17,21H,2,8,13-15H2,1H3/t17-/m0/s1. The van der Waals surface area contributed by atoms with E-state index in [9.17, 15) is 4.79 Å². The summed E-state index contributed by atoms with van der Waals surface area (Å²) in [5.41, 5.74) is 2.02. The van der Waals surface area contributed by atoms with Gasteiger partial charge in [-0.1, -0.05) is 49.4 Å². The molecule has 0 saturated carbocycles. The molecule has 3 rings (SSSR count). The molecule has 0 unspecified atom stereocenters. The van der Waals surface area contributed by atoms with Gasteiger partial charge in [-0.15, -0.1) is 0 Å². The van der Waals surface area contributed by atoms with E-state index in [1.54, 1.807) is 0 Å². The Balaban J connectivity index is 1.80. The predicted octanol–water partition coefficient (Wildman–Crippen LogP) is 3.54. The molecule has 126 valence electrons. The number of para-hydroxylation sites is 2. The molecule has 1 aliphatic heterocycles. The van der Waals surface area contributed by atoms with Gasteiger partial charge >= 0.3 is 0 Å². The molecule has 2 aromatic carbocycles. The monoisotopic (exact) mass is 324 g/mol. The van der Waals surface area contributed by atoms with Gasteiger partial charge in [-0.3, -0.25) is 4.79 Å². The average molecular weight is 324 g/mol. The predicted molar refractivity (Wildman–Crippen MR) is 96.4 cm³/mol. The maximum absolute atomic E-state index is 13.0. The summed E-state index contributed by atoms with van der Waals surface area (Å²) in [6.45, 7) is 4.24. The third kappa shape index (κ3) is 3.77. The number of hydrogen-bond acceptors (Lipinski definition) is 3. The largest absolute Gasteiger partial charge is 0.491 e. The normalized spacial score (nSPS) is 15.1. The van der Waals surface area contributed by atoms with Gasteiger partial charge in [-0.05, 0) is 30.7 Å². The number of anilines is 1. The van der Waals surface area contributed by atoms with Gasteiger partial charge in [0.1, 0.15) is 5.75 Å². The van der Waals surface area contributed by atoms with Crippen molar-refractivity contribution in [2.45, 2.75) is 25.8 Å². The molecule has 1 atom stereocenters. The number of rotatable bonds is 5. The zero-order valence-corrected chi connectivity index (χ0v) is 14.1. The molecule has 4 nitrogen and oxygen atoms in total. The molecular weight excluding hydrogens is 300 g/mol. The van der Waals surface area contributed by atoms with Crippen LogP contribution in [0.4, 0.5) is 5.69 Å². The van der Waals surface area contributed by atoms with Gasteiger partial charge in [0.25, 0.3) is 0 Å². The van der Waals surface area contributed by atoms with E-state index in [1.165, 1.54) is 0 Å². The molecule has 1 aliphatic rings. The van der Waals surface area contributed by atoms with E-state index in [0.717, 1.165) is 30.0 Å². The summed E-state index contributed by atoms with van der Waals surface area (Å²) in [5, 5.41) is 3.43. The lowest BCUT2D eigenvalue weighted by atomic mass is 10.0. The van der Waals surface area contributed by atoms with Gasteiger partial charge in [-0.2, -0.15) is 0 Å². The van der Waals surface area contributed by atoms with Crippen molar-refractivity contribution in [1.82, 2.24) is 5.32 Å². The van der Waals surface area contributed by atoms with Crippen molar-refractivity contribution in [2.75, 3.05) is 24.6 Å². The summed E-state index contributed by atoms with van der Waals surface area (Å²) < 4.78 is 5.76. The zero-order chi connectivity index (χ0) is 16.8. The highest BCUT2D eigenvalue weighted by Crippen LogP contribution is 2.31. The molecule has 0 saturated heterocycles. The van der Waals surface area contributed by atoms with E-state index in [1.807, 2.05) is 47.4 Å². The van der Waals surface area contributed by atoms with E-state index >= 15 is 0 Å². The number of nitrogens with one attached hydrogen (secondary N) is 1. The van der Waals surface area contributed by atoms with Gasteiger partial charge in [0.15, 0.2) is 0 Å². The van der Waals surface area contributed by atoms with Crippen LogP contribution in [0.5, 0.6) is 5.75 Å². The number of fused-ring (bicyclic) bond motifs is 1. The number of nitrogens with zero attached hydrogens (tertiary/aromatic N) is 1. The van der Waals surface area contributed by atoms with Gasteiger partial charge < -0.3 is 15.0 Å². The number of carbonyl (C=O) groups excluding carboxylic acids is 1. The Hall–Kier alpha value is -2.33. The fourth-order valence-electron chi connectivity index (χ4n) is 3.11. The van der Waals surface area contributed by atoms with Crippen LogP contribution in [0.25, 0.3) is 0 Å². The van der Waals surface area contributed by atoms with Crippen molar-refractivity contribution in [1.29, 1.82) is 0 Å². The van der Waals surface area contributed by atoms with Gasteiger partial charge in [0.2, 0.25) is 5.91 Å². The molecular formula is C20H24N2O2. The smallest absolute Gasteiger partial charge is 0.229 e. The molecule has 0 aromatic heterocycles. The van der Waals surface area contributed by atoms with E-state index in [-0.39, 0.29) is 11.9 Å². The zero-order valence-electron chi connectivity index (χ0n) is 14.1. The first-order chi connectivity index (χ1) is 11.8. The second-order valence-corrected chi connectivity index (χ2v) is 5.94. The summed E-state index contributed by atoms with van der Waals surface area (Å²) in [5.74, 6) is 0.922. The molecule has 0 radical (unpaired) electrons. The maximum Gasteiger partial charge on any atom is 0.229 e. The first kappa shape index (κ1) is 16.5. The Morgan fingerprint density at radius 1 is 1.17 bits per heavy atom. The lowest BCUT2D eigenvalue weighted by Crippen LogP contribution is -2.35. The molecule has 4 heteroatoms. The Morgan fingerprint density at radius 3 is 2.71 bits per heavy atom. The second kappa shape index (κ2) is 7.97. The molecule has 2 aromatic rings. The van der Waals surface area contributed by atoms with Crippen LogP contribution in [0.2, 0.25) is 0 Å². The Labute approximate surface area is 143 Å². The molecule has 0 bridgehead atoms. The van der Waals surface area contributed by atoms with Gasteiger partial charge in [0, 0.05) is 19.0 Å². The van der Waals surface area contributed by atoms with Crippen molar-refractivity contribution in [3.8, 4) is 5.75 Å². The summed E-state index contributed by atoms with van der Waals surface area (Å²) in [4.78, 5) is 14.9. The topological polar surface area (TPSA) is 41.6 Å². The van der Waals surface area contributed by atoms with Crippen LogP contribution in [0.1, 0.15) is 31.4 Å². The molecule has 1 N–H and O–H groups in total. The van der Waals surface area contributed by atoms with Crippen molar-refractivity contribution < 1.29 is 9.53 Å². The molecule has 0 aliphatic carbocycles. The van der Waals surface area contributed by atoms with E-state index < -0.39 is 0 Å². The van der Waals surface area contributed by atoms with Crippen LogP contribution in [-0.4, -0.2) is 25.6 Å². The Morgan fingerprint density at radius 2 is 1.92 bits per heavy atom. The van der Waals surface area contributed by atoms with E-state index in [0.29, 0.717) is 19.6 Å². The van der Waals surface area contributed by atoms with Crippen LogP contribution in [0.15, 0.2) is 54.6 Å². The minimum atomic E-state index is 0.0278. The second-order valence-electron chi connectivity index (χ2n) is 5.94. The third-order valence-corrected chi connectivity index (χ3v) is 4.27. The van der Waals surface area contributed by atoms with Gasteiger partial charge in [-0.25, -0.2) is 0 Å². The van der Waals surface area contributed by atoms with Crippen LogP contribution >= 0.6 is 0 Å². The highest BCUT2D eigenvalue weighted by molar-refractivity contribution is 5.95. The minimum Gasteiger partial charge on any atom is -0.491 e. The van der Waals surface area contributed by atoms with Crippen molar-refractivity contribution in [3.63, 3.8) is 0 Å². The van der Waals surface area contributed by atoms with Crippen LogP contribution in [0.3, 0.4) is 0 Å². The fourth-order valence-corrected chi connectivity index (χ4v) is 3.11. The summed E-state index contributed by atoms with van der Waals surface area (Å²) in [7, 11) is 0. The Bertz CT molecular complexity index is 672. The molecule has 24 heavy (non-hydrogen) atoms. The van der Waals surface area contributed by atoms with Gasteiger partial charge in [0.05, 0.1) is 12.3 Å². The number of ether oxygens (including phenoxy) is 1. The maximum atomic E-state index is 13.0. The Kier molecular flexibility index (Phi) is 5.49. The third-order valence-electron chi connectivity index (χ3n) is 4.27.